The highest BCUT2D eigenvalue weighted by Gasteiger charge is 2.25. The molecule has 0 saturated heterocycles. The van der Waals surface area contributed by atoms with Gasteiger partial charge in [0.25, 0.3) is 0 Å². The molecule has 3 aromatic rings. The summed E-state index contributed by atoms with van der Waals surface area (Å²) in [5.41, 5.74) is 6.50. The molecule has 1 aromatic carbocycles. The number of nitrogens with zero attached hydrogens (tertiary/aromatic N) is 2. The van der Waals surface area contributed by atoms with E-state index in [1.54, 1.807) is 0 Å². The van der Waals surface area contributed by atoms with Crippen molar-refractivity contribution in [2.45, 2.75) is 6.54 Å². The third kappa shape index (κ3) is 1.65. The molecule has 3 heterocycles. The Labute approximate surface area is 112 Å². The molecule has 0 aliphatic carbocycles. The SMILES string of the molecule is c1cc[n+]2c(c1)-c1cc(-c3ccncc3)ccc1C2. The van der Waals surface area contributed by atoms with E-state index in [0.29, 0.717) is 0 Å². The number of benzene rings is 1. The zero-order valence-electron chi connectivity index (χ0n) is 10.5. The number of aromatic nitrogens is 2. The average molecular weight is 245 g/mol. The first-order valence-corrected chi connectivity index (χ1v) is 6.44. The molecule has 1 aliphatic rings. The predicted octanol–water partition coefficient (Wildman–Crippen LogP) is 3.06. The standard InChI is InChI=1S/C17H13N2/c1-2-10-19-12-15-5-4-14(11-16(15)17(19)3-1)13-6-8-18-9-7-13/h1-11H,12H2/q+1. The second-order valence-corrected chi connectivity index (χ2v) is 4.82. The van der Waals surface area contributed by atoms with Crippen LogP contribution in [0.15, 0.2) is 67.1 Å². The molecule has 0 atom stereocenters. The molecule has 2 heteroatoms. The highest BCUT2D eigenvalue weighted by Crippen LogP contribution is 2.30. The maximum absolute atomic E-state index is 4.08. The number of rotatable bonds is 1. The summed E-state index contributed by atoms with van der Waals surface area (Å²) in [5, 5.41) is 0. The third-order valence-corrected chi connectivity index (χ3v) is 3.68. The van der Waals surface area contributed by atoms with Crippen LogP contribution in [0, 0.1) is 0 Å². The molecule has 0 spiro atoms. The summed E-state index contributed by atoms with van der Waals surface area (Å²) in [6.45, 7) is 0.974. The molecule has 0 N–H and O–H groups in total. The van der Waals surface area contributed by atoms with Crippen LogP contribution in [-0.2, 0) is 6.54 Å². The first-order chi connectivity index (χ1) is 9.42. The summed E-state index contributed by atoms with van der Waals surface area (Å²) < 4.78 is 2.29. The van der Waals surface area contributed by atoms with Crippen molar-refractivity contribution >= 4 is 0 Å². The fourth-order valence-electron chi connectivity index (χ4n) is 2.72. The smallest absolute Gasteiger partial charge is 0.213 e. The lowest BCUT2D eigenvalue weighted by Gasteiger charge is -2.02. The van der Waals surface area contributed by atoms with Crippen LogP contribution in [-0.4, -0.2) is 4.98 Å². The van der Waals surface area contributed by atoms with E-state index in [-0.39, 0.29) is 0 Å². The van der Waals surface area contributed by atoms with Gasteiger partial charge in [-0.2, -0.15) is 4.57 Å². The van der Waals surface area contributed by atoms with Crippen molar-refractivity contribution in [3.63, 3.8) is 0 Å². The normalized spacial score (nSPS) is 12.0. The van der Waals surface area contributed by atoms with Crippen LogP contribution in [0.2, 0.25) is 0 Å². The van der Waals surface area contributed by atoms with Crippen molar-refractivity contribution in [2.75, 3.05) is 0 Å². The zero-order chi connectivity index (χ0) is 12.7. The van der Waals surface area contributed by atoms with Gasteiger partial charge in [-0.15, -0.1) is 0 Å². The van der Waals surface area contributed by atoms with E-state index < -0.39 is 0 Å². The van der Waals surface area contributed by atoms with Gasteiger partial charge in [-0.25, -0.2) is 0 Å². The van der Waals surface area contributed by atoms with Crippen molar-refractivity contribution in [1.82, 2.24) is 4.98 Å². The van der Waals surface area contributed by atoms with Gasteiger partial charge in [-0.05, 0) is 35.4 Å². The Morgan fingerprint density at radius 2 is 1.79 bits per heavy atom. The van der Waals surface area contributed by atoms with Crippen molar-refractivity contribution in [3.05, 3.63) is 72.7 Å². The van der Waals surface area contributed by atoms with E-state index >= 15 is 0 Å². The van der Waals surface area contributed by atoms with Gasteiger partial charge in [-0.3, -0.25) is 4.98 Å². The molecule has 0 amide bonds. The summed E-state index contributed by atoms with van der Waals surface area (Å²) in [5.74, 6) is 0. The van der Waals surface area contributed by atoms with Gasteiger partial charge in [0.2, 0.25) is 5.69 Å². The average Bonchev–Trinajstić information content (AvgIpc) is 2.86. The summed E-state index contributed by atoms with van der Waals surface area (Å²) in [6.07, 6.45) is 5.82. The highest BCUT2D eigenvalue weighted by molar-refractivity contribution is 5.73. The van der Waals surface area contributed by atoms with E-state index in [0.717, 1.165) is 6.54 Å². The van der Waals surface area contributed by atoms with Crippen molar-refractivity contribution in [3.8, 4) is 22.4 Å². The molecule has 19 heavy (non-hydrogen) atoms. The minimum atomic E-state index is 0.974. The van der Waals surface area contributed by atoms with E-state index in [9.17, 15) is 0 Å². The number of pyridine rings is 2. The Hall–Kier alpha value is -2.48. The number of hydrogen-bond acceptors (Lipinski definition) is 1. The number of hydrogen-bond donors (Lipinski definition) is 0. The minimum Gasteiger partial charge on any atom is -0.265 e. The molecular weight excluding hydrogens is 232 g/mol. The lowest BCUT2D eigenvalue weighted by Crippen LogP contribution is -2.31. The predicted molar refractivity (Wildman–Crippen MR) is 74.4 cm³/mol. The monoisotopic (exact) mass is 245 g/mol. The Morgan fingerprint density at radius 3 is 2.68 bits per heavy atom. The van der Waals surface area contributed by atoms with E-state index in [2.05, 4.69) is 64.3 Å². The molecule has 0 radical (unpaired) electrons. The fraction of sp³-hybridized carbons (Fsp3) is 0.0588. The van der Waals surface area contributed by atoms with Gasteiger partial charge < -0.3 is 0 Å². The molecule has 90 valence electrons. The third-order valence-electron chi connectivity index (χ3n) is 3.68. The Bertz CT molecular complexity index is 748. The van der Waals surface area contributed by atoms with Gasteiger partial charge in [0.05, 0.1) is 5.56 Å². The molecule has 2 nitrogen and oxygen atoms in total. The van der Waals surface area contributed by atoms with E-state index in [1.807, 2.05) is 12.4 Å². The van der Waals surface area contributed by atoms with E-state index in [4.69, 9.17) is 0 Å². The minimum absolute atomic E-state index is 0.974. The van der Waals surface area contributed by atoms with Crippen LogP contribution in [0.25, 0.3) is 22.4 Å². The maximum Gasteiger partial charge on any atom is 0.213 e. The fourth-order valence-corrected chi connectivity index (χ4v) is 2.72. The Kier molecular flexibility index (Phi) is 2.21. The van der Waals surface area contributed by atoms with Crippen LogP contribution in [0.3, 0.4) is 0 Å². The summed E-state index contributed by atoms with van der Waals surface area (Å²) in [7, 11) is 0. The molecular formula is C17H13N2+. The zero-order valence-corrected chi connectivity index (χ0v) is 10.5. The van der Waals surface area contributed by atoms with Gasteiger partial charge in [0.1, 0.15) is 0 Å². The molecule has 1 aliphatic heterocycles. The molecule has 0 bridgehead atoms. The maximum atomic E-state index is 4.08. The van der Waals surface area contributed by atoms with Crippen LogP contribution in [0.4, 0.5) is 0 Å². The van der Waals surface area contributed by atoms with Gasteiger partial charge in [0, 0.05) is 30.1 Å². The molecule has 0 fully saturated rings. The van der Waals surface area contributed by atoms with E-state index in [1.165, 1.54) is 27.9 Å². The van der Waals surface area contributed by atoms with Crippen LogP contribution < -0.4 is 4.57 Å². The van der Waals surface area contributed by atoms with Crippen molar-refractivity contribution in [1.29, 1.82) is 0 Å². The molecule has 2 aromatic heterocycles. The highest BCUT2D eigenvalue weighted by atomic mass is 15.0. The Balaban J connectivity index is 1.89. The number of fused-ring (bicyclic) bond motifs is 3. The summed E-state index contributed by atoms with van der Waals surface area (Å²) in [6, 6.07) is 17.2. The van der Waals surface area contributed by atoms with Crippen LogP contribution in [0.1, 0.15) is 5.56 Å². The quantitative estimate of drug-likeness (QED) is 0.471. The van der Waals surface area contributed by atoms with Gasteiger partial charge >= 0.3 is 0 Å². The van der Waals surface area contributed by atoms with Crippen molar-refractivity contribution in [2.24, 2.45) is 0 Å². The Morgan fingerprint density at radius 1 is 0.895 bits per heavy atom. The first-order valence-electron chi connectivity index (χ1n) is 6.44. The topological polar surface area (TPSA) is 16.8 Å². The second-order valence-electron chi connectivity index (χ2n) is 4.82. The largest absolute Gasteiger partial charge is 0.265 e. The molecule has 4 rings (SSSR count). The molecule has 0 unspecified atom stereocenters. The lowest BCUT2D eigenvalue weighted by atomic mass is 10.00. The van der Waals surface area contributed by atoms with Crippen molar-refractivity contribution < 1.29 is 4.57 Å². The van der Waals surface area contributed by atoms with Crippen LogP contribution >= 0.6 is 0 Å². The lowest BCUT2D eigenvalue weighted by molar-refractivity contribution is -0.672. The van der Waals surface area contributed by atoms with Gasteiger partial charge in [0.15, 0.2) is 12.7 Å². The van der Waals surface area contributed by atoms with Gasteiger partial charge in [-0.1, -0.05) is 12.1 Å². The summed E-state index contributed by atoms with van der Waals surface area (Å²) in [4.78, 5) is 4.08. The second kappa shape index (κ2) is 4.02. The summed E-state index contributed by atoms with van der Waals surface area (Å²) >= 11 is 0. The molecule has 0 saturated carbocycles. The van der Waals surface area contributed by atoms with Crippen LogP contribution in [0.5, 0.6) is 0 Å². The first kappa shape index (κ1) is 10.4.